The van der Waals surface area contributed by atoms with Crippen LogP contribution < -0.4 is 15.8 Å². The third kappa shape index (κ3) is 9.60. The van der Waals surface area contributed by atoms with Crippen LogP contribution in [-0.4, -0.2) is 48.9 Å². The second kappa shape index (κ2) is 14.2. The van der Waals surface area contributed by atoms with E-state index in [1.807, 2.05) is 0 Å². The summed E-state index contributed by atoms with van der Waals surface area (Å²) >= 11 is 0. The number of amides is 1. The van der Waals surface area contributed by atoms with E-state index in [1.54, 1.807) is 75.4 Å². The minimum Gasteiger partial charge on any atom is -0.466 e. The molecule has 10 nitrogen and oxygen atoms in total. The fraction of sp³-hybridized carbons (Fsp3) is 0.296. The zero-order valence-corrected chi connectivity index (χ0v) is 21.0. The van der Waals surface area contributed by atoms with E-state index in [4.69, 9.17) is 25.4 Å². The number of carbonyl (C=O) groups is 4. The number of amidine groups is 1. The molecule has 0 heterocycles. The summed E-state index contributed by atoms with van der Waals surface area (Å²) in [5.41, 5.74) is 7.22. The van der Waals surface area contributed by atoms with Gasteiger partial charge in [-0.15, -0.1) is 0 Å². The van der Waals surface area contributed by atoms with Gasteiger partial charge in [0, 0.05) is 11.1 Å². The van der Waals surface area contributed by atoms with Gasteiger partial charge in [-0.3, -0.25) is 19.8 Å². The van der Waals surface area contributed by atoms with Crippen molar-refractivity contribution in [2.75, 3.05) is 13.2 Å². The van der Waals surface area contributed by atoms with Crippen LogP contribution in [0.15, 0.2) is 54.1 Å². The Kier molecular flexibility index (Phi) is 11.0. The lowest BCUT2D eigenvalue weighted by atomic mass is 10.1. The van der Waals surface area contributed by atoms with Gasteiger partial charge in [0.05, 0.1) is 37.7 Å². The zero-order chi connectivity index (χ0) is 27.4. The van der Waals surface area contributed by atoms with Crippen molar-refractivity contribution in [2.24, 2.45) is 5.73 Å². The maximum atomic E-state index is 12.7. The van der Waals surface area contributed by atoms with Gasteiger partial charge < -0.3 is 25.3 Å². The standard InChI is InChI=1S/C27H31N3O7/c1-4-35-23(31)15-21(16-24(32)36-5-2)30-26(33)17(3)14-18-6-8-20(9-7-18)27(34)37-22-12-10-19(11-13-22)25(28)29/h6-14,21H,4-5,15-16H2,1-3H3,(H3,28,29)(H,30,33)/b17-14+. The number of nitrogens with one attached hydrogen (secondary N) is 2. The lowest BCUT2D eigenvalue weighted by Crippen LogP contribution is -2.39. The highest BCUT2D eigenvalue weighted by atomic mass is 16.5. The second-order valence-electron chi connectivity index (χ2n) is 7.97. The molecule has 0 saturated heterocycles. The Hall–Kier alpha value is -4.47. The number of benzene rings is 2. The first-order valence-corrected chi connectivity index (χ1v) is 11.7. The van der Waals surface area contributed by atoms with Crippen molar-refractivity contribution in [1.29, 1.82) is 5.41 Å². The van der Waals surface area contributed by atoms with Gasteiger partial charge in [-0.2, -0.15) is 0 Å². The molecular formula is C27H31N3O7. The van der Waals surface area contributed by atoms with Crippen LogP contribution in [-0.2, 0) is 23.9 Å². The van der Waals surface area contributed by atoms with E-state index in [-0.39, 0.29) is 31.9 Å². The SMILES string of the molecule is CCOC(=O)CC(CC(=O)OCC)NC(=O)/C(C)=C/c1ccc(C(=O)Oc2ccc(C(=N)N)cc2)cc1. The van der Waals surface area contributed by atoms with E-state index in [2.05, 4.69) is 5.32 Å². The molecule has 0 bridgehead atoms. The Bertz CT molecular complexity index is 1140. The quantitative estimate of drug-likeness (QED) is 0.130. The Morgan fingerprint density at radius 1 is 0.892 bits per heavy atom. The monoisotopic (exact) mass is 509 g/mol. The van der Waals surface area contributed by atoms with Crippen LogP contribution in [0.3, 0.4) is 0 Å². The number of rotatable bonds is 12. The van der Waals surface area contributed by atoms with Gasteiger partial charge >= 0.3 is 17.9 Å². The van der Waals surface area contributed by atoms with Crippen LogP contribution in [0.25, 0.3) is 6.08 Å². The van der Waals surface area contributed by atoms with Gasteiger partial charge in [-0.1, -0.05) is 12.1 Å². The van der Waals surface area contributed by atoms with Crippen molar-refractivity contribution in [3.63, 3.8) is 0 Å². The summed E-state index contributed by atoms with van der Waals surface area (Å²) in [5.74, 6) is -1.87. The Morgan fingerprint density at radius 2 is 1.41 bits per heavy atom. The summed E-state index contributed by atoms with van der Waals surface area (Å²) < 4.78 is 15.2. The van der Waals surface area contributed by atoms with Gasteiger partial charge in [-0.25, -0.2) is 4.79 Å². The lowest BCUT2D eigenvalue weighted by molar-refractivity contribution is -0.146. The zero-order valence-electron chi connectivity index (χ0n) is 21.0. The Morgan fingerprint density at radius 3 is 1.89 bits per heavy atom. The highest BCUT2D eigenvalue weighted by Crippen LogP contribution is 2.16. The molecule has 0 saturated carbocycles. The summed E-state index contributed by atoms with van der Waals surface area (Å²) in [5, 5.41) is 10.1. The van der Waals surface area contributed by atoms with Crippen LogP contribution in [0.5, 0.6) is 5.75 Å². The second-order valence-corrected chi connectivity index (χ2v) is 7.97. The van der Waals surface area contributed by atoms with Crippen molar-refractivity contribution in [1.82, 2.24) is 5.32 Å². The first kappa shape index (κ1) is 28.8. The van der Waals surface area contributed by atoms with Crippen molar-refractivity contribution in [3.8, 4) is 5.75 Å². The molecule has 0 fully saturated rings. The van der Waals surface area contributed by atoms with E-state index in [9.17, 15) is 19.2 Å². The van der Waals surface area contributed by atoms with E-state index < -0.39 is 29.9 Å². The van der Waals surface area contributed by atoms with Crippen molar-refractivity contribution < 1.29 is 33.4 Å². The lowest BCUT2D eigenvalue weighted by Gasteiger charge is -2.17. The smallest absolute Gasteiger partial charge is 0.343 e. The molecule has 0 spiro atoms. The number of ether oxygens (including phenoxy) is 3. The molecular weight excluding hydrogens is 478 g/mol. The number of hydrogen-bond donors (Lipinski definition) is 3. The normalized spacial score (nSPS) is 11.0. The largest absolute Gasteiger partial charge is 0.466 e. The van der Waals surface area contributed by atoms with Crippen LogP contribution >= 0.6 is 0 Å². The van der Waals surface area contributed by atoms with E-state index in [0.29, 0.717) is 28.0 Å². The number of nitrogen functional groups attached to an aromatic ring is 1. The molecule has 196 valence electrons. The van der Waals surface area contributed by atoms with Crippen LogP contribution in [0.4, 0.5) is 0 Å². The molecule has 37 heavy (non-hydrogen) atoms. The molecule has 4 N–H and O–H groups in total. The fourth-order valence-corrected chi connectivity index (χ4v) is 3.22. The molecule has 2 rings (SSSR count). The fourth-order valence-electron chi connectivity index (χ4n) is 3.22. The first-order valence-electron chi connectivity index (χ1n) is 11.7. The highest BCUT2D eigenvalue weighted by Gasteiger charge is 2.22. The molecule has 0 aliphatic heterocycles. The predicted octanol–water partition coefficient (Wildman–Crippen LogP) is 2.98. The summed E-state index contributed by atoms with van der Waals surface area (Å²) in [4.78, 5) is 48.9. The molecule has 2 aromatic rings. The molecule has 0 atom stereocenters. The average Bonchev–Trinajstić information content (AvgIpc) is 2.84. The summed E-state index contributed by atoms with van der Waals surface area (Å²) in [6, 6.07) is 11.9. The summed E-state index contributed by atoms with van der Waals surface area (Å²) in [6.07, 6.45) is 1.27. The van der Waals surface area contributed by atoms with Gasteiger partial charge in [0.15, 0.2) is 0 Å². The molecule has 0 aromatic heterocycles. The van der Waals surface area contributed by atoms with Crippen molar-refractivity contribution >= 4 is 35.7 Å². The minimum absolute atomic E-state index is 0.0842. The molecule has 0 unspecified atom stereocenters. The maximum absolute atomic E-state index is 12.7. The van der Waals surface area contributed by atoms with E-state index in [0.717, 1.165) is 0 Å². The Labute approximate surface area is 215 Å². The third-order valence-electron chi connectivity index (χ3n) is 5.04. The van der Waals surface area contributed by atoms with Crippen molar-refractivity contribution in [2.45, 2.75) is 39.7 Å². The molecule has 10 heteroatoms. The molecule has 1 amide bonds. The Balaban J connectivity index is 2.03. The average molecular weight is 510 g/mol. The number of carbonyl (C=O) groups excluding carboxylic acids is 4. The van der Waals surface area contributed by atoms with Gasteiger partial charge in [0.25, 0.3) is 0 Å². The molecule has 0 radical (unpaired) electrons. The van der Waals surface area contributed by atoms with Crippen molar-refractivity contribution in [3.05, 3.63) is 70.8 Å². The van der Waals surface area contributed by atoms with Crippen LogP contribution in [0, 0.1) is 5.41 Å². The van der Waals surface area contributed by atoms with Crippen LogP contribution in [0.1, 0.15) is 55.1 Å². The highest BCUT2D eigenvalue weighted by molar-refractivity contribution is 5.98. The van der Waals surface area contributed by atoms with E-state index >= 15 is 0 Å². The predicted molar refractivity (Wildman–Crippen MR) is 137 cm³/mol. The van der Waals surface area contributed by atoms with Gasteiger partial charge in [0.2, 0.25) is 5.91 Å². The summed E-state index contributed by atoms with van der Waals surface area (Å²) in [7, 11) is 0. The molecule has 2 aromatic carbocycles. The third-order valence-corrected chi connectivity index (χ3v) is 5.04. The first-order chi connectivity index (χ1) is 17.6. The number of nitrogens with two attached hydrogens (primary N) is 1. The van der Waals surface area contributed by atoms with E-state index in [1.165, 1.54) is 0 Å². The maximum Gasteiger partial charge on any atom is 0.343 e. The molecule has 0 aliphatic carbocycles. The van der Waals surface area contributed by atoms with Crippen LogP contribution in [0.2, 0.25) is 0 Å². The van der Waals surface area contributed by atoms with Gasteiger partial charge in [0.1, 0.15) is 11.6 Å². The molecule has 0 aliphatic rings. The van der Waals surface area contributed by atoms with Gasteiger partial charge in [-0.05, 0) is 68.8 Å². The number of esters is 3. The summed E-state index contributed by atoms with van der Waals surface area (Å²) in [6.45, 7) is 5.30. The number of hydrogen-bond acceptors (Lipinski definition) is 8. The minimum atomic E-state index is -0.782. The topological polar surface area (TPSA) is 158 Å².